The summed E-state index contributed by atoms with van der Waals surface area (Å²) in [4.78, 5) is 12.1. The lowest BCUT2D eigenvalue weighted by molar-refractivity contribution is 1.33. The molecule has 0 fully saturated rings. The standard InChI is InChI=1S/C52H32N2S2/c1-4-22-40-33(13-1)16-11-24-42(40)50-44(35-18-9-20-37(29-35)49-31-38-15-3-7-27-47(38)55-49)32-45(51(54-50)43-25-12-17-34-14-2-5-23-41(34)43)36-19-10-21-39(30-36)52-53-46-26-6-8-28-48(46)56-52/h1-32H. The second-order valence-electron chi connectivity index (χ2n) is 14.1. The number of pyridine rings is 1. The van der Waals surface area contributed by atoms with Gasteiger partial charge in [-0.3, -0.25) is 0 Å². The maximum absolute atomic E-state index is 5.83. The van der Waals surface area contributed by atoms with Gasteiger partial charge in [0.15, 0.2) is 0 Å². The van der Waals surface area contributed by atoms with Gasteiger partial charge in [-0.25, -0.2) is 9.97 Å². The molecule has 56 heavy (non-hydrogen) atoms. The van der Waals surface area contributed by atoms with Crippen LogP contribution < -0.4 is 0 Å². The third kappa shape index (κ3) is 5.70. The van der Waals surface area contributed by atoms with Gasteiger partial charge in [0.1, 0.15) is 5.01 Å². The maximum Gasteiger partial charge on any atom is 0.124 e. The molecule has 0 aliphatic heterocycles. The topological polar surface area (TPSA) is 25.8 Å². The van der Waals surface area contributed by atoms with Gasteiger partial charge in [0, 0.05) is 37.4 Å². The lowest BCUT2D eigenvalue weighted by Gasteiger charge is -2.19. The quantitative estimate of drug-likeness (QED) is 0.169. The monoisotopic (exact) mass is 748 g/mol. The van der Waals surface area contributed by atoms with Crippen molar-refractivity contribution in [3.63, 3.8) is 0 Å². The second kappa shape index (κ2) is 13.5. The summed E-state index contributed by atoms with van der Waals surface area (Å²) in [6.07, 6.45) is 0. The van der Waals surface area contributed by atoms with Crippen LogP contribution in [-0.4, -0.2) is 9.97 Å². The van der Waals surface area contributed by atoms with E-state index in [0.717, 1.165) is 60.9 Å². The number of rotatable bonds is 6. The highest BCUT2D eigenvalue weighted by atomic mass is 32.1. The Kier molecular flexibility index (Phi) is 7.90. The number of hydrogen-bond acceptors (Lipinski definition) is 4. The van der Waals surface area contributed by atoms with Crippen molar-refractivity contribution >= 4 is 64.5 Å². The van der Waals surface area contributed by atoms with Crippen molar-refractivity contribution in [1.29, 1.82) is 0 Å². The number of thiophene rings is 1. The van der Waals surface area contributed by atoms with Crippen LogP contribution >= 0.6 is 22.7 Å². The lowest BCUT2D eigenvalue weighted by atomic mass is 9.88. The highest BCUT2D eigenvalue weighted by molar-refractivity contribution is 7.22. The first-order valence-corrected chi connectivity index (χ1v) is 20.4. The average molecular weight is 749 g/mol. The number of aromatic nitrogens is 2. The highest BCUT2D eigenvalue weighted by Gasteiger charge is 2.21. The van der Waals surface area contributed by atoms with Gasteiger partial charge >= 0.3 is 0 Å². The van der Waals surface area contributed by atoms with Crippen LogP contribution in [0.2, 0.25) is 0 Å². The van der Waals surface area contributed by atoms with E-state index < -0.39 is 0 Å². The zero-order chi connectivity index (χ0) is 37.0. The molecule has 2 nitrogen and oxygen atoms in total. The summed E-state index contributed by atoms with van der Waals surface area (Å²) < 4.78 is 2.48. The summed E-state index contributed by atoms with van der Waals surface area (Å²) in [7, 11) is 0. The molecule has 0 aliphatic carbocycles. The predicted molar refractivity (Wildman–Crippen MR) is 240 cm³/mol. The van der Waals surface area contributed by atoms with Crippen LogP contribution in [0.15, 0.2) is 194 Å². The Hall–Kier alpha value is -6.72. The van der Waals surface area contributed by atoms with Crippen molar-refractivity contribution in [2.24, 2.45) is 0 Å². The van der Waals surface area contributed by atoms with Crippen LogP contribution in [0.3, 0.4) is 0 Å². The van der Waals surface area contributed by atoms with Crippen molar-refractivity contribution in [1.82, 2.24) is 9.97 Å². The molecule has 0 bridgehead atoms. The number of fused-ring (bicyclic) bond motifs is 4. The molecule has 0 amide bonds. The van der Waals surface area contributed by atoms with E-state index >= 15 is 0 Å². The Morgan fingerprint density at radius 3 is 1.50 bits per heavy atom. The summed E-state index contributed by atoms with van der Waals surface area (Å²) in [5, 5.41) is 7.01. The summed E-state index contributed by atoms with van der Waals surface area (Å²) >= 11 is 3.57. The molecule has 0 aliphatic rings. The van der Waals surface area contributed by atoms with E-state index in [1.165, 1.54) is 46.8 Å². The van der Waals surface area contributed by atoms with Crippen molar-refractivity contribution in [3.8, 4) is 65.8 Å². The van der Waals surface area contributed by atoms with Crippen LogP contribution in [0.5, 0.6) is 0 Å². The fourth-order valence-electron chi connectivity index (χ4n) is 8.01. The largest absolute Gasteiger partial charge is 0.246 e. The van der Waals surface area contributed by atoms with E-state index in [4.69, 9.17) is 9.97 Å². The van der Waals surface area contributed by atoms with E-state index in [2.05, 4.69) is 194 Å². The number of nitrogens with zero attached hydrogens (tertiary/aromatic N) is 2. The minimum atomic E-state index is 0.954. The third-order valence-electron chi connectivity index (χ3n) is 10.7. The molecule has 11 rings (SSSR count). The SMILES string of the molecule is c1cc(-c2cc3ccccc3s2)cc(-c2cc(-c3cccc(-c4nc5ccccc5s4)c3)c(-c3cccc4ccccc34)nc2-c2cccc3ccccc23)c1. The van der Waals surface area contributed by atoms with Gasteiger partial charge in [-0.1, -0.05) is 152 Å². The van der Waals surface area contributed by atoms with Crippen molar-refractivity contribution in [2.45, 2.75) is 0 Å². The molecule has 3 aromatic heterocycles. The minimum Gasteiger partial charge on any atom is -0.246 e. The summed E-state index contributed by atoms with van der Waals surface area (Å²) in [6, 6.07) is 70.0. The zero-order valence-corrected chi connectivity index (χ0v) is 31.8. The second-order valence-corrected chi connectivity index (χ2v) is 16.2. The average Bonchev–Trinajstić information content (AvgIpc) is 3.91. The number of hydrogen-bond donors (Lipinski definition) is 0. The molecule has 8 aromatic carbocycles. The minimum absolute atomic E-state index is 0.954. The van der Waals surface area contributed by atoms with Gasteiger partial charge in [0.2, 0.25) is 0 Å². The Balaban J connectivity index is 1.20. The molecule has 3 heterocycles. The first-order chi connectivity index (χ1) is 27.7. The lowest BCUT2D eigenvalue weighted by Crippen LogP contribution is -1.98. The molecule has 0 radical (unpaired) electrons. The molecule has 0 atom stereocenters. The van der Waals surface area contributed by atoms with Gasteiger partial charge in [0.25, 0.3) is 0 Å². The molecule has 11 aromatic rings. The van der Waals surface area contributed by atoms with Gasteiger partial charge in [0.05, 0.1) is 21.6 Å². The fourth-order valence-corrected chi connectivity index (χ4v) is 10.0. The van der Waals surface area contributed by atoms with Crippen molar-refractivity contribution < 1.29 is 0 Å². The fraction of sp³-hybridized carbons (Fsp3) is 0. The molecule has 0 unspecified atom stereocenters. The van der Waals surface area contributed by atoms with Gasteiger partial charge < -0.3 is 0 Å². The third-order valence-corrected chi connectivity index (χ3v) is 13.0. The van der Waals surface area contributed by atoms with E-state index in [9.17, 15) is 0 Å². The van der Waals surface area contributed by atoms with Gasteiger partial charge in [-0.15, -0.1) is 22.7 Å². The zero-order valence-electron chi connectivity index (χ0n) is 30.2. The highest BCUT2D eigenvalue weighted by Crippen LogP contribution is 2.45. The van der Waals surface area contributed by atoms with Gasteiger partial charge in [-0.2, -0.15) is 0 Å². The Bertz CT molecular complexity index is 2990. The van der Waals surface area contributed by atoms with Crippen LogP contribution in [-0.2, 0) is 0 Å². The smallest absolute Gasteiger partial charge is 0.124 e. The molecular weight excluding hydrogens is 717 g/mol. The van der Waals surface area contributed by atoms with Crippen LogP contribution in [0, 0.1) is 0 Å². The molecule has 0 spiro atoms. The van der Waals surface area contributed by atoms with E-state index in [0.29, 0.717) is 0 Å². The summed E-state index contributed by atoms with van der Waals surface area (Å²) in [5.74, 6) is 0. The maximum atomic E-state index is 5.83. The normalized spacial score (nSPS) is 11.6. The predicted octanol–water partition coefficient (Wildman–Crippen LogP) is 15.2. The number of thiazole rings is 1. The molecule has 0 saturated heterocycles. The number of para-hydroxylation sites is 1. The molecule has 0 saturated carbocycles. The van der Waals surface area contributed by atoms with E-state index in [1.807, 2.05) is 11.3 Å². The molecule has 0 N–H and O–H groups in total. The van der Waals surface area contributed by atoms with Crippen molar-refractivity contribution in [2.75, 3.05) is 0 Å². The molecule has 262 valence electrons. The Morgan fingerprint density at radius 1 is 0.321 bits per heavy atom. The summed E-state index contributed by atoms with van der Waals surface area (Å²) in [5.41, 5.74) is 11.9. The van der Waals surface area contributed by atoms with Crippen LogP contribution in [0.25, 0.3) is 108 Å². The van der Waals surface area contributed by atoms with Crippen LogP contribution in [0.4, 0.5) is 0 Å². The van der Waals surface area contributed by atoms with E-state index in [1.54, 1.807) is 11.3 Å². The Morgan fingerprint density at radius 2 is 0.839 bits per heavy atom. The number of benzene rings is 8. The first kappa shape index (κ1) is 32.7. The van der Waals surface area contributed by atoms with Crippen molar-refractivity contribution in [3.05, 3.63) is 194 Å². The van der Waals surface area contributed by atoms with Gasteiger partial charge in [-0.05, 0) is 86.1 Å². The Labute approximate surface area is 332 Å². The van der Waals surface area contributed by atoms with E-state index in [-0.39, 0.29) is 0 Å². The molecular formula is C52H32N2S2. The van der Waals surface area contributed by atoms with Crippen LogP contribution in [0.1, 0.15) is 0 Å². The first-order valence-electron chi connectivity index (χ1n) is 18.8. The molecule has 4 heteroatoms. The summed E-state index contributed by atoms with van der Waals surface area (Å²) in [6.45, 7) is 0.